The lowest BCUT2D eigenvalue weighted by Gasteiger charge is -2.17. The monoisotopic (exact) mass is 425 g/mol. The van der Waals surface area contributed by atoms with E-state index in [0.29, 0.717) is 35.1 Å². The molecule has 0 aliphatic carbocycles. The molecule has 3 rings (SSSR count). The van der Waals surface area contributed by atoms with Gasteiger partial charge in [0.2, 0.25) is 11.7 Å². The number of carbonyl (C=O) groups excluding carboxylic acids is 1. The van der Waals surface area contributed by atoms with Crippen LogP contribution in [0.1, 0.15) is 30.4 Å². The van der Waals surface area contributed by atoms with Crippen molar-refractivity contribution in [2.75, 3.05) is 14.2 Å². The van der Waals surface area contributed by atoms with Crippen LogP contribution in [-0.2, 0) is 11.3 Å². The Hall–Kier alpha value is -3.55. The van der Waals surface area contributed by atoms with Gasteiger partial charge in [-0.3, -0.25) is 4.79 Å². The second kappa shape index (κ2) is 9.97. The van der Waals surface area contributed by atoms with Crippen LogP contribution >= 0.6 is 0 Å². The molecular weight excluding hydrogens is 398 g/mol. The first-order valence-corrected chi connectivity index (χ1v) is 10.0. The maximum atomic E-state index is 12.6. The normalized spacial score (nSPS) is 11.6. The zero-order valence-corrected chi connectivity index (χ0v) is 18.4. The predicted molar refractivity (Wildman–Crippen MR) is 115 cm³/mol. The molecule has 8 nitrogen and oxygen atoms in total. The topological polar surface area (TPSA) is 95.7 Å². The number of rotatable bonds is 9. The van der Waals surface area contributed by atoms with Gasteiger partial charge in [0.15, 0.2) is 6.10 Å². The van der Waals surface area contributed by atoms with Gasteiger partial charge in [-0.2, -0.15) is 4.98 Å². The highest BCUT2D eigenvalue weighted by atomic mass is 16.5. The van der Waals surface area contributed by atoms with E-state index in [2.05, 4.69) is 15.5 Å². The summed E-state index contributed by atoms with van der Waals surface area (Å²) in [6, 6.07) is 11.1. The lowest BCUT2D eigenvalue weighted by Crippen LogP contribution is -2.37. The predicted octanol–water partition coefficient (Wildman–Crippen LogP) is 3.84. The summed E-state index contributed by atoms with van der Waals surface area (Å²) in [5.41, 5.74) is 2.94. The number of hydrogen-bond acceptors (Lipinski definition) is 7. The van der Waals surface area contributed by atoms with Crippen molar-refractivity contribution >= 4 is 5.91 Å². The second-order valence-electron chi connectivity index (χ2n) is 7.06. The Balaban J connectivity index is 1.64. The van der Waals surface area contributed by atoms with Gasteiger partial charge in [-0.15, -0.1) is 0 Å². The molecule has 1 heterocycles. The highest BCUT2D eigenvalue weighted by Gasteiger charge is 2.20. The summed E-state index contributed by atoms with van der Waals surface area (Å²) in [5, 5.41) is 6.79. The number of ether oxygens (including phenoxy) is 3. The van der Waals surface area contributed by atoms with E-state index in [0.717, 1.165) is 5.56 Å². The van der Waals surface area contributed by atoms with Crippen LogP contribution in [0.25, 0.3) is 11.4 Å². The van der Waals surface area contributed by atoms with Crippen LogP contribution in [0.5, 0.6) is 17.2 Å². The molecule has 164 valence electrons. The summed E-state index contributed by atoms with van der Waals surface area (Å²) in [5.74, 6) is 2.28. The van der Waals surface area contributed by atoms with Crippen LogP contribution in [0.2, 0.25) is 0 Å². The summed E-state index contributed by atoms with van der Waals surface area (Å²) >= 11 is 0. The molecule has 3 aromatic rings. The average Bonchev–Trinajstić information content (AvgIpc) is 3.26. The molecule has 31 heavy (non-hydrogen) atoms. The van der Waals surface area contributed by atoms with Gasteiger partial charge >= 0.3 is 0 Å². The standard InChI is InChI=1S/C23H27N3O5/c1-6-19(30-17-8-7-14(2)15(3)11-17)23(27)24-13-21-25-22(26-31-21)18-10-9-16(28-4)12-20(18)29-5/h7-12,19H,6,13H2,1-5H3,(H,24,27). The van der Waals surface area contributed by atoms with Crippen molar-refractivity contribution in [3.63, 3.8) is 0 Å². The van der Waals surface area contributed by atoms with Crippen molar-refractivity contribution in [1.82, 2.24) is 15.5 Å². The van der Waals surface area contributed by atoms with Crippen LogP contribution in [0.3, 0.4) is 0 Å². The third kappa shape index (κ3) is 5.33. The summed E-state index contributed by atoms with van der Waals surface area (Å²) in [4.78, 5) is 16.9. The average molecular weight is 425 g/mol. The first kappa shape index (κ1) is 22.1. The van der Waals surface area contributed by atoms with Gasteiger partial charge in [0, 0.05) is 6.07 Å². The Morgan fingerprint density at radius 3 is 2.52 bits per heavy atom. The molecule has 0 bridgehead atoms. The summed E-state index contributed by atoms with van der Waals surface area (Å²) < 4.78 is 21.7. The number of aromatic nitrogens is 2. The number of benzene rings is 2. The minimum absolute atomic E-state index is 0.0943. The molecule has 2 aromatic carbocycles. The maximum absolute atomic E-state index is 12.6. The van der Waals surface area contributed by atoms with E-state index in [4.69, 9.17) is 18.7 Å². The van der Waals surface area contributed by atoms with Crippen LogP contribution in [-0.4, -0.2) is 36.4 Å². The van der Waals surface area contributed by atoms with E-state index < -0.39 is 6.10 Å². The summed E-state index contributed by atoms with van der Waals surface area (Å²) in [6.07, 6.45) is -0.0946. The third-order valence-corrected chi connectivity index (χ3v) is 4.95. The summed E-state index contributed by atoms with van der Waals surface area (Å²) in [6.45, 7) is 6.03. The maximum Gasteiger partial charge on any atom is 0.261 e. The zero-order chi connectivity index (χ0) is 22.4. The van der Waals surface area contributed by atoms with Crippen molar-refractivity contribution in [3.8, 4) is 28.6 Å². The fraction of sp³-hybridized carbons (Fsp3) is 0.348. The van der Waals surface area contributed by atoms with Crippen molar-refractivity contribution in [1.29, 1.82) is 0 Å². The van der Waals surface area contributed by atoms with Gasteiger partial charge in [0.05, 0.1) is 26.3 Å². The Morgan fingerprint density at radius 2 is 1.84 bits per heavy atom. The number of aryl methyl sites for hydroxylation is 2. The van der Waals surface area contributed by atoms with E-state index in [9.17, 15) is 4.79 Å². The van der Waals surface area contributed by atoms with E-state index in [1.54, 1.807) is 32.4 Å². The SMILES string of the molecule is CCC(Oc1ccc(C)c(C)c1)C(=O)NCc1nc(-c2ccc(OC)cc2OC)no1. The van der Waals surface area contributed by atoms with Crippen LogP contribution < -0.4 is 19.5 Å². The van der Waals surface area contributed by atoms with Crippen molar-refractivity contribution < 1.29 is 23.5 Å². The lowest BCUT2D eigenvalue weighted by molar-refractivity contribution is -0.128. The number of amides is 1. The zero-order valence-electron chi connectivity index (χ0n) is 18.4. The van der Waals surface area contributed by atoms with Gasteiger partial charge in [-0.1, -0.05) is 18.1 Å². The van der Waals surface area contributed by atoms with Gasteiger partial charge < -0.3 is 24.1 Å². The van der Waals surface area contributed by atoms with Crippen LogP contribution in [0, 0.1) is 13.8 Å². The minimum Gasteiger partial charge on any atom is -0.497 e. The van der Waals surface area contributed by atoms with Crippen molar-refractivity contribution in [3.05, 3.63) is 53.4 Å². The smallest absolute Gasteiger partial charge is 0.261 e. The first-order chi connectivity index (χ1) is 14.9. The number of nitrogens with zero attached hydrogens (tertiary/aromatic N) is 2. The molecule has 1 unspecified atom stereocenters. The quantitative estimate of drug-likeness (QED) is 0.556. The van der Waals surface area contributed by atoms with Crippen LogP contribution in [0.15, 0.2) is 40.9 Å². The molecule has 1 atom stereocenters. The third-order valence-electron chi connectivity index (χ3n) is 4.95. The number of methoxy groups -OCH3 is 2. The Kier molecular flexibility index (Phi) is 7.12. The Morgan fingerprint density at radius 1 is 1.06 bits per heavy atom. The molecule has 8 heteroatoms. The van der Waals surface area contributed by atoms with Gasteiger partial charge in [0.1, 0.15) is 17.2 Å². The molecule has 0 saturated heterocycles. The van der Waals surface area contributed by atoms with Crippen LogP contribution in [0.4, 0.5) is 0 Å². The van der Waals surface area contributed by atoms with E-state index in [-0.39, 0.29) is 18.3 Å². The Bertz CT molecular complexity index is 1050. The second-order valence-corrected chi connectivity index (χ2v) is 7.06. The van der Waals surface area contributed by atoms with Gasteiger partial charge in [-0.05, 0) is 55.7 Å². The van der Waals surface area contributed by atoms with E-state index in [1.165, 1.54) is 5.56 Å². The van der Waals surface area contributed by atoms with E-state index >= 15 is 0 Å². The molecule has 0 radical (unpaired) electrons. The largest absolute Gasteiger partial charge is 0.497 e. The first-order valence-electron chi connectivity index (χ1n) is 10.0. The fourth-order valence-corrected chi connectivity index (χ4v) is 2.97. The molecule has 0 spiro atoms. The number of nitrogens with one attached hydrogen (secondary N) is 1. The molecule has 0 saturated carbocycles. The number of carbonyl (C=O) groups is 1. The molecule has 0 aliphatic heterocycles. The molecule has 0 aliphatic rings. The van der Waals surface area contributed by atoms with Crippen molar-refractivity contribution in [2.45, 2.75) is 39.8 Å². The van der Waals surface area contributed by atoms with Crippen molar-refractivity contribution in [2.24, 2.45) is 0 Å². The molecule has 0 fully saturated rings. The highest BCUT2D eigenvalue weighted by molar-refractivity contribution is 5.81. The summed E-state index contributed by atoms with van der Waals surface area (Å²) in [7, 11) is 3.14. The van der Waals surface area contributed by atoms with Gasteiger partial charge in [0.25, 0.3) is 5.91 Å². The minimum atomic E-state index is -0.619. The lowest BCUT2D eigenvalue weighted by atomic mass is 10.1. The molecular formula is C23H27N3O5. The number of hydrogen-bond donors (Lipinski definition) is 1. The molecule has 1 amide bonds. The van der Waals surface area contributed by atoms with Gasteiger partial charge in [-0.25, -0.2) is 0 Å². The highest BCUT2D eigenvalue weighted by Crippen LogP contribution is 2.31. The molecule has 1 aromatic heterocycles. The fourth-order valence-electron chi connectivity index (χ4n) is 2.97. The van der Waals surface area contributed by atoms with E-state index in [1.807, 2.05) is 39.0 Å². The Labute approximate surface area is 181 Å². The molecule has 1 N–H and O–H groups in total.